The Labute approximate surface area is 137 Å². The zero-order valence-corrected chi connectivity index (χ0v) is 12.3. The van der Waals surface area contributed by atoms with Gasteiger partial charge < -0.3 is 19.8 Å². The largest absolute Gasteiger partial charge is 0.543 e. The fraction of sp³-hybridized carbons (Fsp3) is 0. The highest BCUT2D eigenvalue weighted by molar-refractivity contribution is 6.78. The molecule has 0 saturated heterocycles. The first kappa shape index (κ1) is 16.7. The third kappa shape index (κ3) is 4.67. The van der Waals surface area contributed by atoms with Crippen LogP contribution in [0.15, 0.2) is 70.9 Å². The highest BCUT2D eigenvalue weighted by atomic mass is 16.4. The van der Waals surface area contributed by atoms with E-state index in [9.17, 15) is 19.8 Å². The van der Waals surface area contributed by atoms with E-state index in [0.717, 1.165) is 0 Å². The number of carboxylic acids is 2. The van der Waals surface area contributed by atoms with E-state index < -0.39 is 23.4 Å². The molecule has 0 heterocycles. The standard InChI is InChI=1S/C16H14N4O4/c21-15(22)13(19-17-11-7-3-1-4-8-11)14(16(23)24)20-18-12-9-5-2-6-10-12/h1-10,17-18H,(H,21,22)(H,23,24)/p-2/b19-13+,20-14+. The maximum Gasteiger partial charge on any atom is 0.135 e. The summed E-state index contributed by atoms with van der Waals surface area (Å²) in [5, 5.41) is 29.5. The average molecular weight is 324 g/mol. The number of carbonyl (C=O) groups excluding carboxylic acids is 2. The van der Waals surface area contributed by atoms with E-state index in [2.05, 4.69) is 21.1 Å². The summed E-state index contributed by atoms with van der Waals surface area (Å²) < 4.78 is 0. The van der Waals surface area contributed by atoms with E-state index >= 15 is 0 Å². The van der Waals surface area contributed by atoms with E-state index in [1.54, 1.807) is 60.7 Å². The topological polar surface area (TPSA) is 129 Å². The molecule has 0 aliphatic rings. The first-order chi connectivity index (χ1) is 11.6. The molecule has 122 valence electrons. The molecule has 0 saturated carbocycles. The van der Waals surface area contributed by atoms with Gasteiger partial charge in [0.15, 0.2) is 0 Å². The second-order valence-electron chi connectivity index (χ2n) is 4.45. The monoisotopic (exact) mass is 324 g/mol. The lowest BCUT2D eigenvalue weighted by atomic mass is 10.2. The van der Waals surface area contributed by atoms with Gasteiger partial charge in [-0.05, 0) is 24.3 Å². The van der Waals surface area contributed by atoms with Crippen molar-refractivity contribution >= 4 is 34.7 Å². The highest BCUT2D eigenvalue weighted by Gasteiger charge is 2.13. The van der Waals surface area contributed by atoms with Crippen LogP contribution in [0.3, 0.4) is 0 Å². The first-order valence-electron chi connectivity index (χ1n) is 6.78. The summed E-state index contributed by atoms with van der Waals surface area (Å²) in [7, 11) is 0. The number of hydrazone groups is 2. The minimum absolute atomic E-state index is 0.463. The van der Waals surface area contributed by atoms with Crippen LogP contribution in [0.25, 0.3) is 0 Å². The lowest BCUT2D eigenvalue weighted by Crippen LogP contribution is -2.46. The summed E-state index contributed by atoms with van der Waals surface area (Å²) in [6.45, 7) is 0. The van der Waals surface area contributed by atoms with Crippen molar-refractivity contribution in [1.82, 2.24) is 0 Å². The van der Waals surface area contributed by atoms with E-state index in [1.807, 2.05) is 0 Å². The van der Waals surface area contributed by atoms with Gasteiger partial charge in [-0.2, -0.15) is 10.2 Å². The minimum atomic E-state index is -1.81. The van der Waals surface area contributed by atoms with E-state index in [-0.39, 0.29) is 0 Å². The Morgan fingerprint density at radius 3 is 1.29 bits per heavy atom. The van der Waals surface area contributed by atoms with Gasteiger partial charge in [-0.3, -0.25) is 10.9 Å². The van der Waals surface area contributed by atoms with Crippen molar-refractivity contribution in [3.05, 3.63) is 60.7 Å². The summed E-state index contributed by atoms with van der Waals surface area (Å²) in [6, 6.07) is 16.8. The molecule has 0 atom stereocenters. The normalized spacial score (nSPS) is 11.7. The predicted octanol–water partition coefficient (Wildman–Crippen LogP) is -0.578. The van der Waals surface area contributed by atoms with E-state index in [0.29, 0.717) is 11.4 Å². The van der Waals surface area contributed by atoms with Gasteiger partial charge in [-0.1, -0.05) is 36.4 Å². The zero-order chi connectivity index (χ0) is 17.4. The van der Waals surface area contributed by atoms with Crippen LogP contribution >= 0.6 is 0 Å². The molecule has 0 aromatic heterocycles. The number of aliphatic carboxylic acids is 2. The highest BCUT2D eigenvalue weighted by Crippen LogP contribution is 2.06. The molecule has 24 heavy (non-hydrogen) atoms. The summed E-state index contributed by atoms with van der Waals surface area (Å²) >= 11 is 0. The molecule has 0 amide bonds. The number of rotatable bonds is 7. The summed E-state index contributed by atoms with van der Waals surface area (Å²) in [5.41, 5.74) is 3.98. The lowest BCUT2D eigenvalue weighted by Gasteiger charge is -2.12. The van der Waals surface area contributed by atoms with Crippen molar-refractivity contribution in [2.45, 2.75) is 0 Å². The second-order valence-corrected chi connectivity index (χ2v) is 4.45. The van der Waals surface area contributed by atoms with Gasteiger partial charge >= 0.3 is 0 Å². The molecule has 2 aromatic carbocycles. The van der Waals surface area contributed by atoms with Gasteiger partial charge in [0.05, 0.1) is 23.3 Å². The van der Waals surface area contributed by atoms with Crippen LogP contribution in [0.4, 0.5) is 11.4 Å². The Kier molecular flexibility index (Phi) is 5.62. The van der Waals surface area contributed by atoms with Crippen molar-refractivity contribution in [3.8, 4) is 0 Å². The molecule has 0 radical (unpaired) electrons. The van der Waals surface area contributed by atoms with Gasteiger partial charge in [-0.25, -0.2) is 0 Å². The van der Waals surface area contributed by atoms with Crippen molar-refractivity contribution in [2.75, 3.05) is 10.9 Å². The molecule has 0 fully saturated rings. The van der Waals surface area contributed by atoms with Crippen LogP contribution in [0.5, 0.6) is 0 Å². The maximum atomic E-state index is 11.2. The molecule has 2 rings (SSSR count). The fourth-order valence-electron chi connectivity index (χ4n) is 1.66. The number of anilines is 2. The van der Waals surface area contributed by atoms with Gasteiger partial charge in [0.25, 0.3) is 0 Å². The van der Waals surface area contributed by atoms with E-state index in [1.165, 1.54) is 0 Å². The zero-order valence-electron chi connectivity index (χ0n) is 12.3. The Morgan fingerprint density at radius 1 is 0.667 bits per heavy atom. The van der Waals surface area contributed by atoms with Gasteiger partial charge in [0, 0.05) is 0 Å². The molecule has 0 unspecified atom stereocenters. The third-order valence-corrected chi connectivity index (χ3v) is 2.75. The molecule has 0 bridgehead atoms. The number of hydrogen-bond acceptors (Lipinski definition) is 8. The van der Waals surface area contributed by atoms with Crippen LogP contribution < -0.4 is 21.1 Å². The van der Waals surface area contributed by atoms with E-state index in [4.69, 9.17) is 0 Å². The first-order valence-corrected chi connectivity index (χ1v) is 6.78. The number of nitrogens with zero attached hydrogens (tertiary/aromatic N) is 2. The number of benzene rings is 2. The summed E-state index contributed by atoms with van der Waals surface area (Å²) in [5.74, 6) is -3.62. The number of carbonyl (C=O) groups is 2. The SMILES string of the molecule is O=C([O-])C(=N/Nc1ccccc1)/C(=N\Nc1ccccc1)C(=O)[O-]. The molecule has 0 aliphatic heterocycles. The van der Waals surface area contributed by atoms with Crippen molar-refractivity contribution in [2.24, 2.45) is 10.2 Å². The molecule has 0 spiro atoms. The Bertz CT molecular complexity index is 706. The smallest absolute Gasteiger partial charge is 0.135 e. The van der Waals surface area contributed by atoms with Crippen LogP contribution in [-0.2, 0) is 9.59 Å². The second kappa shape index (κ2) is 8.08. The van der Waals surface area contributed by atoms with Crippen molar-refractivity contribution in [3.63, 3.8) is 0 Å². The predicted molar refractivity (Wildman–Crippen MR) is 85.0 cm³/mol. The summed E-state index contributed by atoms with van der Waals surface area (Å²) in [6.07, 6.45) is 0. The molecule has 8 nitrogen and oxygen atoms in total. The van der Waals surface area contributed by atoms with Gasteiger partial charge in [0.2, 0.25) is 0 Å². The van der Waals surface area contributed by atoms with Crippen molar-refractivity contribution < 1.29 is 19.8 Å². The molecular weight excluding hydrogens is 312 g/mol. The van der Waals surface area contributed by atoms with Gasteiger partial charge in [0.1, 0.15) is 11.4 Å². The van der Waals surface area contributed by atoms with Crippen LogP contribution in [0.1, 0.15) is 0 Å². The average Bonchev–Trinajstić information content (AvgIpc) is 2.59. The molecule has 2 N–H and O–H groups in total. The lowest BCUT2D eigenvalue weighted by molar-refractivity contribution is -0.297. The molecule has 0 aliphatic carbocycles. The molecular formula is C16H12N4O4-2. The van der Waals surface area contributed by atoms with Crippen LogP contribution in [0, 0.1) is 0 Å². The number of para-hydroxylation sites is 2. The summed E-state index contributed by atoms with van der Waals surface area (Å²) in [4.78, 5) is 22.4. The van der Waals surface area contributed by atoms with Crippen molar-refractivity contribution in [1.29, 1.82) is 0 Å². The number of carboxylic acid groups (broad SMARTS) is 2. The Hall–Kier alpha value is -3.68. The third-order valence-electron chi connectivity index (χ3n) is 2.75. The molecule has 2 aromatic rings. The fourth-order valence-corrected chi connectivity index (χ4v) is 1.66. The number of hydrogen-bond donors (Lipinski definition) is 2. The van der Waals surface area contributed by atoms with Crippen LogP contribution in [-0.4, -0.2) is 23.4 Å². The molecule has 8 heteroatoms. The Balaban J connectivity index is 2.27. The van der Waals surface area contributed by atoms with Gasteiger partial charge in [-0.15, -0.1) is 0 Å². The Morgan fingerprint density at radius 2 is 1.00 bits per heavy atom. The maximum absolute atomic E-state index is 11.2. The minimum Gasteiger partial charge on any atom is -0.543 e. The quantitative estimate of drug-likeness (QED) is 0.518. The number of nitrogens with one attached hydrogen (secondary N) is 2. The van der Waals surface area contributed by atoms with Crippen LogP contribution in [0.2, 0.25) is 0 Å².